The second kappa shape index (κ2) is 8.88. The SMILES string of the molecule is Cc1cc(NC(=O)C2CCN(C(=O)CNC(=O)c3ccccc3Cl)CC2)no1. The highest BCUT2D eigenvalue weighted by molar-refractivity contribution is 6.33. The van der Waals surface area contributed by atoms with Gasteiger partial charge in [-0.2, -0.15) is 0 Å². The van der Waals surface area contributed by atoms with Crippen molar-refractivity contribution in [1.29, 1.82) is 0 Å². The van der Waals surface area contributed by atoms with E-state index < -0.39 is 5.91 Å². The quantitative estimate of drug-likeness (QED) is 0.795. The third kappa shape index (κ3) is 4.89. The number of benzene rings is 1. The highest BCUT2D eigenvalue weighted by Crippen LogP contribution is 2.20. The average molecular weight is 405 g/mol. The van der Waals surface area contributed by atoms with E-state index in [0.29, 0.717) is 48.1 Å². The number of amides is 3. The number of piperidine rings is 1. The molecular formula is C19H21ClN4O4. The van der Waals surface area contributed by atoms with E-state index in [1.165, 1.54) is 0 Å². The van der Waals surface area contributed by atoms with E-state index in [1.54, 1.807) is 42.2 Å². The lowest BCUT2D eigenvalue weighted by molar-refractivity contribution is -0.133. The van der Waals surface area contributed by atoms with Crippen LogP contribution in [0.1, 0.15) is 29.0 Å². The Labute approximate surface area is 167 Å². The van der Waals surface area contributed by atoms with Crippen molar-refractivity contribution in [3.63, 3.8) is 0 Å². The summed E-state index contributed by atoms with van der Waals surface area (Å²) in [6.07, 6.45) is 1.10. The van der Waals surface area contributed by atoms with Crippen molar-refractivity contribution in [2.24, 2.45) is 5.92 Å². The van der Waals surface area contributed by atoms with Crippen molar-refractivity contribution in [2.75, 3.05) is 25.0 Å². The van der Waals surface area contributed by atoms with Crippen molar-refractivity contribution in [3.05, 3.63) is 46.7 Å². The number of nitrogens with zero attached hydrogens (tertiary/aromatic N) is 2. The van der Waals surface area contributed by atoms with Gasteiger partial charge in [-0.1, -0.05) is 28.9 Å². The molecule has 2 aromatic rings. The Kier molecular flexibility index (Phi) is 6.30. The zero-order chi connectivity index (χ0) is 20.1. The van der Waals surface area contributed by atoms with Gasteiger partial charge in [-0.15, -0.1) is 0 Å². The zero-order valence-electron chi connectivity index (χ0n) is 15.4. The molecule has 1 saturated heterocycles. The Morgan fingerprint density at radius 2 is 1.96 bits per heavy atom. The van der Waals surface area contributed by atoms with Crippen molar-refractivity contribution >= 4 is 35.1 Å². The summed E-state index contributed by atoms with van der Waals surface area (Å²) in [7, 11) is 0. The highest BCUT2D eigenvalue weighted by Gasteiger charge is 2.28. The lowest BCUT2D eigenvalue weighted by Gasteiger charge is -2.31. The van der Waals surface area contributed by atoms with Crippen molar-refractivity contribution in [2.45, 2.75) is 19.8 Å². The Balaban J connectivity index is 1.44. The number of anilines is 1. The summed E-state index contributed by atoms with van der Waals surface area (Å²) >= 11 is 5.98. The zero-order valence-corrected chi connectivity index (χ0v) is 16.2. The molecule has 1 aliphatic rings. The van der Waals surface area contributed by atoms with Crippen LogP contribution in [0.3, 0.4) is 0 Å². The third-order valence-electron chi connectivity index (χ3n) is 4.62. The van der Waals surface area contributed by atoms with Gasteiger partial charge in [-0.05, 0) is 31.9 Å². The van der Waals surface area contributed by atoms with Crippen LogP contribution in [0.2, 0.25) is 5.02 Å². The molecule has 0 bridgehead atoms. The number of halogens is 1. The Morgan fingerprint density at radius 3 is 2.61 bits per heavy atom. The highest BCUT2D eigenvalue weighted by atomic mass is 35.5. The predicted molar refractivity (Wildman–Crippen MR) is 103 cm³/mol. The van der Waals surface area contributed by atoms with Crippen LogP contribution in [0, 0.1) is 12.8 Å². The molecule has 0 spiro atoms. The maximum absolute atomic E-state index is 12.3. The van der Waals surface area contributed by atoms with E-state index in [9.17, 15) is 14.4 Å². The maximum Gasteiger partial charge on any atom is 0.253 e. The lowest BCUT2D eigenvalue weighted by atomic mass is 9.96. The third-order valence-corrected chi connectivity index (χ3v) is 4.95. The first-order valence-electron chi connectivity index (χ1n) is 8.98. The fourth-order valence-corrected chi connectivity index (χ4v) is 3.27. The molecule has 2 N–H and O–H groups in total. The molecule has 1 fully saturated rings. The lowest BCUT2D eigenvalue weighted by Crippen LogP contribution is -2.45. The molecule has 0 atom stereocenters. The van der Waals surface area contributed by atoms with Gasteiger partial charge in [0.25, 0.3) is 5.91 Å². The van der Waals surface area contributed by atoms with Crippen molar-refractivity contribution in [1.82, 2.24) is 15.4 Å². The molecule has 148 valence electrons. The van der Waals surface area contributed by atoms with E-state index >= 15 is 0 Å². The Hall–Kier alpha value is -2.87. The monoisotopic (exact) mass is 404 g/mol. The molecule has 3 amide bonds. The second-order valence-electron chi connectivity index (χ2n) is 6.63. The topological polar surface area (TPSA) is 105 Å². The molecule has 0 saturated carbocycles. The molecule has 1 aliphatic heterocycles. The normalized spacial score (nSPS) is 14.6. The van der Waals surface area contributed by atoms with Gasteiger partial charge in [0.1, 0.15) is 5.76 Å². The number of carbonyl (C=O) groups is 3. The molecule has 9 heteroatoms. The Bertz CT molecular complexity index is 874. The van der Waals surface area contributed by atoms with E-state index in [0.717, 1.165) is 0 Å². The number of nitrogens with one attached hydrogen (secondary N) is 2. The summed E-state index contributed by atoms with van der Waals surface area (Å²) < 4.78 is 4.93. The van der Waals surface area contributed by atoms with E-state index in [-0.39, 0.29) is 24.3 Å². The molecule has 0 unspecified atom stereocenters. The number of likely N-dealkylation sites (tertiary alicyclic amines) is 1. The van der Waals surface area contributed by atoms with E-state index in [4.69, 9.17) is 16.1 Å². The number of aromatic nitrogens is 1. The molecule has 0 radical (unpaired) electrons. The summed E-state index contributed by atoms with van der Waals surface area (Å²) in [6, 6.07) is 8.31. The molecule has 8 nitrogen and oxygen atoms in total. The van der Waals surface area contributed by atoms with Crippen LogP contribution in [-0.4, -0.2) is 47.4 Å². The first-order valence-corrected chi connectivity index (χ1v) is 9.36. The van der Waals surface area contributed by atoms with Gasteiger partial charge < -0.3 is 20.1 Å². The first-order chi connectivity index (χ1) is 13.4. The minimum atomic E-state index is -0.392. The summed E-state index contributed by atoms with van der Waals surface area (Å²) in [5.74, 6) is 0.103. The van der Waals surface area contributed by atoms with Crippen LogP contribution in [-0.2, 0) is 9.59 Å². The van der Waals surface area contributed by atoms with Crippen LogP contribution in [0.4, 0.5) is 5.82 Å². The molecule has 0 aliphatic carbocycles. The minimum absolute atomic E-state index is 0.112. The first kappa shape index (κ1) is 19.9. The van der Waals surface area contributed by atoms with Gasteiger partial charge in [0.15, 0.2) is 5.82 Å². The largest absolute Gasteiger partial charge is 0.360 e. The second-order valence-corrected chi connectivity index (χ2v) is 7.04. The van der Waals surface area contributed by atoms with Crippen LogP contribution >= 0.6 is 11.6 Å². The maximum atomic E-state index is 12.3. The number of rotatable bonds is 5. The van der Waals surface area contributed by atoms with Gasteiger partial charge in [0.2, 0.25) is 11.8 Å². The molecule has 1 aromatic heterocycles. The number of aryl methyl sites for hydroxylation is 1. The van der Waals surface area contributed by atoms with Gasteiger partial charge in [-0.3, -0.25) is 14.4 Å². The van der Waals surface area contributed by atoms with Crippen LogP contribution in [0.5, 0.6) is 0 Å². The van der Waals surface area contributed by atoms with Gasteiger partial charge in [-0.25, -0.2) is 0 Å². The summed E-state index contributed by atoms with van der Waals surface area (Å²) in [5.41, 5.74) is 0.329. The molecule has 2 heterocycles. The Morgan fingerprint density at radius 1 is 1.25 bits per heavy atom. The fourth-order valence-electron chi connectivity index (χ4n) is 3.05. The van der Waals surface area contributed by atoms with Crippen molar-refractivity contribution in [3.8, 4) is 0 Å². The average Bonchev–Trinajstić information content (AvgIpc) is 3.11. The van der Waals surface area contributed by atoms with Crippen LogP contribution in [0.15, 0.2) is 34.9 Å². The smallest absolute Gasteiger partial charge is 0.253 e. The number of carbonyl (C=O) groups excluding carboxylic acids is 3. The van der Waals surface area contributed by atoms with Crippen molar-refractivity contribution < 1.29 is 18.9 Å². The molecular weight excluding hydrogens is 384 g/mol. The van der Waals surface area contributed by atoms with E-state index in [1.807, 2.05) is 0 Å². The summed E-state index contributed by atoms with van der Waals surface area (Å²) in [6.45, 7) is 2.55. The number of hydrogen-bond donors (Lipinski definition) is 2. The summed E-state index contributed by atoms with van der Waals surface area (Å²) in [5, 5.41) is 9.40. The number of hydrogen-bond acceptors (Lipinski definition) is 5. The molecule has 3 rings (SSSR count). The van der Waals surface area contributed by atoms with Gasteiger partial charge in [0, 0.05) is 25.1 Å². The van der Waals surface area contributed by atoms with Crippen LogP contribution < -0.4 is 10.6 Å². The standard InChI is InChI=1S/C19H21ClN4O4/c1-12-10-16(23-28-12)22-18(26)13-6-8-24(9-7-13)17(25)11-21-19(27)14-4-2-3-5-15(14)20/h2-5,10,13H,6-9,11H2,1H3,(H,21,27)(H,22,23,26). The van der Waals surface area contributed by atoms with Gasteiger partial charge >= 0.3 is 0 Å². The van der Waals surface area contributed by atoms with Crippen LogP contribution in [0.25, 0.3) is 0 Å². The predicted octanol–water partition coefficient (Wildman–Crippen LogP) is 2.24. The van der Waals surface area contributed by atoms with E-state index in [2.05, 4.69) is 15.8 Å². The fraction of sp³-hybridized carbons (Fsp3) is 0.368. The molecule has 28 heavy (non-hydrogen) atoms. The van der Waals surface area contributed by atoms with Gasteiger partial charge in [0.05, 0.1) is 17.1 Å². The molecule has 1 aromatic carbocycles. The summed E-state index contributed by atoms with van der Waals surface area (Å²) in [4.78, 5) is 38.4. The minimum Gasteiger partial charge on any atom is -0.360 e.